The van der Waals surface area contributed by atoms with E-state index in [4.69, 9.17) is 0 Å². The highest BCUT2D eigenvalue weighted by atomic mass is 79.9. The second kappa shape index (κ2) is 4.02. The van der Waals surface area contributed by atoms with Gasteiger partial charge in [0.2, 0.25) is 5.78 Å². The number of hydrogen-bond donors (Lipinski definition) is 0. The zero-order chi connectivity index (χ0) is 11.9. The van der Waals surface area contributed by atoms with Gasteiger partial charge in [-0.15, -0.1) is 0 Å². The molecule has 0 bridgehead atoms. The lowest BCUT2D eigenvalue weighted by molar-refractivity contribution is 0.104. The Kier molecular flexibility index (Phi) is 2.85. The lowest BCUT2D eigenvalue weighted by atomic mass is 9.97. The minimum atomic E-state index is 0.0891. The number of halogens is 1. The number of fused-ring (bicyclic) bond motifs is 1. The molecule has 1 aromatic rings. The van der Waals surface area contributed by atoms with Crippen molar-refractivity contribution in [2.75, 3.05) is 0 Å². The molecule has 0 aliphatic heterocycles. The van der Waals surface area contributed by atoms with Crippen molar-refractivity contribution >= 4 is 27.3 Å². The molecule has 0 fully saturated rings. The van der Waals surface area contributed by atoms with Gasteiger partial charge < -0.3 is 0 Å². The highest BCUT2D eigenvalue weighted by molar-refractivity contribution is 9.12. The minimum absolute atomic E-state index is 0.0891. The van der Waals surface area contributed by atoms with E-state index in [0.29, 0.717) is 4.48 Å². The maximum absolute atomic E-state index is 12.0. The van der Waals surface area contributed by atoms with E-state index in [-0.39, 0.29) is 5.78 Å². The van der Waals surface area contributed by atoms with Crippen LogP contribution >= 0.6 is 15.9 Å². The van der Waals surface area contributed by atoms with Gasteiger partial charge in [0.05, 0.1) is 4.48 Å². The zero-order valence-electron chi connectivity index (χ0n) is 9.60. The predicted octanol–water partition coefficient (Wildman–Crippen LogP) is 4.35. The Morgan fingerprint density at radius 2 is 1.62 bits per heavy atom. The van der Waals surface area contributed by atoms with E-state index in [1.165, 1.54) is 11.1 Å². The third-order valence-corrected chi connectivity index (χ3v) is 3.74. The molecule has 1 nitrogen and oxygen atoms in total. The summed E-state index contributed by atoms with van der Waals surface area (Å²) in [5.74, 6) is 0.0891. The van der Waals surface area contributed by atoms with Gasteiger partial charge >= 0.3 is 0 Å². The van der Waals surface area contributed by atoms with Gasteiger partial charge in [0.15, 0.2) is 0 Å². The SMILES string of the molecule is CC(C)=C(C)C1=C(Br)C(=O)c2ccccc21. The van der Waals surface area contributed by atoms with Crippen molar-refractivity contribution in [3.05, 3.63) is 51.0 Å². The zero-order valence-corrected chi connectivity index (χ0v) is 11.2. The third-order valence-electron chi connectivity index (χ3n) is 2.98. The Hall–Kier alpha value is -1.15. The number of rotatable bonds is 1. The first-order valence-corrected chi connectivity index (χ1v) is 6.01. The van der Waals surface area contributed by atoms with Crippen LogP contribution in [0.3, 0.4) is 0 Å². The van der Waals surface area contributed by atoms with Crippen LogP contribution in [-0.4, -0.2) is 5.78 Å². The standard InChI is InChI=1S/C14H13BrO/c1-8(2)9(3)12-10-6-4-5-7-11(10)14(16)13(12)15/h4-7H,1-3H3. The van der Waals surface area contributed by atoms with Gasteiger partial charge in [0, 0.05) is 11.1 Å². The minimum Gasteiger partial charge on any atom is -0.288 e. The maximum Gasteiger partial charge on any atom is 0.201 e. The van der Waals surface area contributed by atoms with E-state index >= 15 is 0 Å². The molecule has 2 rings (SSSR count). The summed E-state index contributed by atoms with van der Waals surface area (Å²) >= 11 is 3.42. The lowest BCUT2D eigenvalue weighted by Gasteiger charge is -2.07. The first-order chi connectivity index (χ1) is 7.54. The average molecular weight is 277 g/mol. The average Bonchev–Trinajstić information content (AvgIpc) is 2.52. The van der Waals surface area contributed by atoms with E-state index in [9.17, 15) is 4.79 Å². The van der Waals surface area contributed by atoms with Gasteiger partial charge in [-0.05, 0) is 47.8 Å². The predicted molar refractivity (Wildman–Crippen MR) is 70.7 cm³/mol. The van der Waals surface area contributed by atoms with Crippen LogP contribution < -0.4 is 0 Å². The normalized spacial score (nSPS) is 14.1. The van der Waals surface area contributed by atoms with Crippen molar-refractivity contribution in [3.63, 3.8) is 0 Å². The van der Waals surface area contributed by atoms with Crippen molar-refractivity contribution < 1.29 is 4.79 Å². The van der Waals surface area contributed by atoms with Gasteiger partial charge in [-0.1, -0.05) is 29.8 Å². The van der Waals surface area contributed by atoms with E-state index in [1.807, 2.05) is 24.3 Å². The van der Waals surface area contributed by atoms with E-state index in [1.54, 1.807) is 0 Å². The van der Waals surface area contributed by atoms with Crippen LogP contribution in [0.2, 0.25) is 0 Å². The van der Waals surface area contributed by atoms with Gasteiger partial charge in [0.25, 0.3) is 0 Å². The largest absolute Gasteiger partial charge is 0.288 e. The summed E-state index contributed by atoms with van der Waals surface area (Å²) in [7, 11) is 0. The van der Waals surface area contributed by atoms with Crippen LogP contribution in [-0.2, 0) is 0 Å². The molecule has 0 saturated carbocycles. The number of benzene rings is 1. The fourth-order valence-electron chi connectivity index (χ4n) is 1.87. The van der Waals surface area contributed by atoms with E-state index < -0.39 is 0 Å². The fraction of sp³-hybridized carbons (Fsp3) is 0.214. The van der Waals surface area contributed by atoms with Gasteiger partial charge in [-0.3, -0.25) is 4.79 Å². The second-order valence-electron chi connectivity index (χ2n) is 4.19. The maximum atomic E-state index is 12.0. The molecular formula is C14H13BrO. The molecule has 0 amide bonds. The molecule has 0 N–H and O–H groups in total. The van der Waals surface area contributed by atoms with Crippen LogP contribution in [0, 0.1) is 0 Å². The van der Waals surface area contributed by atoms with Crippen LogP contribution in [0.4, 0.5) is 0 Å². The van der Waals surface area contributed by atoms with Gasteiger partial charge in [-0.2, -0.15) is 0 Å². The van der Waals surface area contributed by atoms with Crippen molar-refractivity contribution in [1.82, 2.24) is 0 Å². The summed E-state index contributed by atoms with van der Waals surface area (Å²) < 4.78 is 0.687. The molecular weight excluding hydrogens is 264 g/mol. The van der Waals surface area contributed by atoms with Crippen LogP contribution in [0.25, 0.3) is 5.57 Å². The topological polar surface area (TPSA) is 17.1 Å². The molecule has 1 aromatic carbocycles. The van der Waals surface area contributed by atoms with Crippen molar-refractivity contribution in [2.24, 2.45) is 0 Å². The number of carbonyl (C=O) groups excluding carboxylic acids is 1. The summed E-state index contributed by atoms with van der Waals surface area (Å²) in [5.41, 5.74) is 5.28. The van der Waals surface area contributed by atoms with E-state index in [0.717, 1.165) is 16.7 Å². The molecule has 0 radical (unpaired) electrons. The summed E-state index contributed by atoms with van der Waals surface area (Å²) in [6, 6.07) is 7.75. The van der Waals surface area contributed by atoms with Gasteiger partial charge in [-0.25, -0.2) is 0 Å². The van der Waals surface area contributed by atoms with Crippen LogP contribution in [0.15, 0.2) is 39.9 Å². The van der Waals surface area contributed by atoms with Crippen molar-refractivity contribution in [1.29, 1.82) is 0 Å². The first-order valence-electron chi connectivity index (χ1n) is 5.22. The molecule has 0 spiro atoms. The van der Waals surface area contributed by atoms with Crippen molar-refractivity contribution in [2.45, 2.75) is 20.8 Å². The molecule has 1 aliphatic rings. The fourth-order valence-corrected chi connectivity index (χ4v) is 2.59. The summed E-state index contributed by atoms with van der Waals surface area (Å²) in [6.45, 7) is 6.18. The van der Waals surface area contributed by atoms with Crippen molar-refractivity contribution in [3.8, 4) is 0 Å². The Morgan fingerprint density at radius 3 is 2.19 bits per heavy atom. The first kappa shape index (κ1) is 11.3. The highest BCUT2D eigenvalue weighted by Crippen LogP contribution is 2.40. The smallest absolute Gasteiger partial charge is 0.201 e. The lowest BCUT2D eigenvalue weighted by Crippen LogP contribution is -1.92. The molecule has 82 valence electrons. The quantitative estimate of drug-likeness (QED) is 0.746. The number of Topliss-reactive ketones (excluding diaryl/α,β-unsaturated/α-hetero) is 1. The molecule has 1 aliphatic carbocycles. The Labute approximate surface area is 104 Å². The van der Waals surface area contributed by atoms with E-state index in [2.05, 4.69) is 36.7 Å². The summed E-state index contributed by atoms with van der Waals surface area (Å²) in [5, 5.41) is 0. The Balaban J connectivity index is 2.72. The molecule has 0 saturated heterocycles. The molecule has 2 heteroatoms. The number of allylic oxidation sites excluding steroid dienone is 4. The molecule has 0 aromatic heterocycles. The molecule has 0 unspecified atom stereocenters. The Bertz CT molecular complexity index is 531. The summed E-state index contributed by atoms with van der Waals surface area (Å²) in [6.07, 6.45) is 0. The Morgan fingerprint density at radius 1 is 1.06 bits per heavy atom. The molecule has 16 heavy (non-hydrogen) atoms. The monoisotopic (exact) mass is 276 g/mol. The number of ketones is 1. The molecule has 0 heterocycles. The third kappa shape index (κ3) is 1.57. The highest BCUT2D eigenvalue weighted by Gasteiger charge is 2.28. The van der Waals surface area contributed by atoms with Gasteiger partial charge in [0.1, 0.15) is 0 Å². The summed E-state index contributed by atoms with van der Waals surface area (Å²) in [4.78, 5) is 12.0. The van der Waals surface area contributed by atoms with Crippen LogP contribution in [0.5, 0.6) is 0 Å². The second-order valence-corrected chi connectivity index (χ2v) is 4.98. The van der Waals surface area contributed by atoms with Crippen LogP contribution in [0.1, 0.15) is 36.7 Å². The number of hydrogen-bond acceptors (Lipinski definition) is 1. The number of carbonyl (C=O) groups is 1. The molecule has 0 atom stereocenters.